The number of ether oxygens (including phenoxy) is 1. The lowest BCUT2D eigenvalue weighted by Gasteiger charge is -2.26. The minimum atomic E-state index is -0.741. The molecule has 156 valence electrons. The molecule has 4 amide bonds. The number of nitrogens with zero attached hydrogens (tertiary/aromatic N) is 2. The molecule has 2 N–H and O–H groups in total. The molecule has 2 aromatic rings. The predicted molar refractivity (Wildman–Crippen MR) is 105 cm³/mol. The number of imide groups is 1. The molecule has 2 aliphatic heterocycles. The third-order valence-electron chi connectivity index (χ3n) is 4.63. The van der Waals surface area contributed by atoms with Gasteiger partial charge in [-0.2, -0.15) is 0 Å². The van der Waals surface area contributed by atoms with E-state index in [0.29, 0.717) is 37.9 Å². The maximum Gasteiger partial charge on any atom is 0.329 e. The standard InChI is InChI=1S/C20H19FN4O5/c21-14-3-1-2-4-15(14)22-17(26)12-25-19(27)16(23-20(25)28)11-13-5-6-18(30-13)24-7-9-29-10-8-24/h1-6,11H,7-10,12H2,(H,22,26)(H,23,28)/b16-11+. The highest BCUT2D eigenvalue weighted by Crippen LogP contribution is 2.22. The van der Waals surface area contributed by atoms with Crippen molar-refractivity contribution in [2.75, 3.05) is 43.1 Å². The van der Waals surface area contributed by atoms with Crippen LogP contribution in [0.5, 0.6) is 0 Å². The number of hydrogen-bond acceptors (Lipinski definition) is 6. The summed E-state index contributed by atoms with van der Waals surface area (Å²) in [5.41, 5.74) is -0.0434. The van der Waals surface area contributed by atoms with Crippen molar-refractivity contribution in [2.24, 2.45) is 0 Å². The Morgan fingerprint density at radius 1 is 1.17 bits per heavy atom. The first-order valence-corrected chi connectivity index (χ1v) is 9.33. The Hall–Kier alpha value is -3.66. The lowest BCUT2D eigenvalue weighted by atomic mass is 10.3. The van der Waals surface area contributed by atoms with Crippen LogP contribution in [0.4, 0.5) is 20.8 Å². The molecule has 1 aromatic heterocycles. The number of carbonyl (C=O) groups excluding carboxylic acids is 3. The smallest absolute Gasteiger partial charge is 0.329 e. The van der Waals surface area contributed by atoms with Crippen molar-refractivity contribution >= 4 is 35.5 Å². The summed E-state index contributed by atoms with van der Waals surface area (Å²) >= 11 is 0. The van der Waals surface area contributed by atoms with Crippen molar-refractivity contribution in [3.63, 3.8) is 0 Å². The minimum Gasteiger partial charge on any atom is -0.441 e. The summed E-state index contributed by atoms with van der Waals surface area (Å²) in [6, 6.07) is 8.34. The van der Waals surface area contributed by atoms with Crippen molar-refractivity contribution in [2.45, 2.75) is 0 Å². The number of furan rings is 1. The van der Waals surface area contributed by atoms with Crippen molar-refractivity contribution in [1.82, 2.24) is 10.2 Å². The molecule has 0 saturated carbocycles. The van der Waals surface area contributed by atoms with E-state index in [-0.39, 0.29) is 11.4 Å². The number of carbonyl (C=O) groups is 3. The molecule has 0 unspecified atom stereocenters. The zero-order valence-electron chi connectivity index (χ0n) is 15.9. The van der Waals surface area contributed by atoms with Crippen LogP contribution >= 0.6 is 0 Å². The van der Waals surface area contributed by atoms with Crippen LogP contribution < -0.4 is 15.5 Å². The lowest BCUT2D eigenvalue weighted by Crippen LogP contribution is -2.38. The Kier molecular flexibility index (Phi) is 5.48. The highest BCUT2D eigenvalue weighted by atomic mass is 19.1. The van der Waals surface area contributed by atoms with Gasteiger partial charge in [0.05, 0.1) is 18.9 Å². The average molecular weight is 414 g/mol. The van der Waals surface area contributed by atoms with Crippen LogP contribution in [0.15, 0.2) is 46.5 Å². The van der Waals surface area contributed by atoms with Crippen LogP contribution in [-0.2, 0) is 14.3 Å². The van der Waals surface area contributed by atoms with Gasteiger partial charge in [0.1, 0.15) is 23.8 Å². The number of amides is 4. The van der Waals surface area contributed by atoms with Gasteiger partial charge in [-0.05, 0) is 18.2 Å². The second-order valence-electron chi connectivity index (χ2n) is 6.68. The number of para-hydroxylation sites is 1. The monoisotopic (exact) mass is 414 g/mol. The Bertz CT molecular complexity index is 1010. The quantitative estimate of drug-likeness (QED) is 0.571. The Morgan fingerprint density at radius 2 is 1.93 bits per heavy atom. The molecule has 2 fully saturated rings. The summed E-state index contributed by atoms with van der Waals surface area (Å²) in [7, 11) is 0. The first-order valence-electron chi connectivity index (χ1n) is 9.33. The molecule has 0 aliphatic carbocycles. The van der Waals surface area contributed by atoms with Gasteiger partial charge in [-0.3, -0.25) is 9.59 Å². The van der Waals surface area contributed by atoms with E-state index < -0.39 is 30.2 Å². The zero-order chi connectivity index (χ0) is 21.1. The van der Waals surface area contributed by atoms with E-state index in [1.807, 2.05) is 4.90 Å². The fourth-order valence-corrected chi connectivity index (χ4v) is 3.13. The van der Waals surface area contributed by atoms with Gasteiger partial charge in [0.15, 0.2) is 5.88 Å². The lowest BCUT2D eigenvalue weighted by molar-refractivity contribution is -0.127. The minimum absolute atomic E-state index is 0.0124. The fourth-order valence-electron chi connectivity index (χ4n) is 3.13. The van der Waals surface area contributed by atoms with Crippen molar-refractivity contribution in [3.8, 4) is 0 Å². The fraction of sp³-hybridized carbons (Fsp3) is 0.250. The highest BCUT2D eigenvalue weighted by Gasteiger charge is 2.35. The summed E-state index contributed by atoms with van der Waals surface area (Å²) < 4.78 is 24.7. The molecule has 0 radical (unpaired) electrons. The molecular weight excluding hydrogens is 395 g/mol. The normalized spacial score (nSPS) is 18.1. The first-order chi connectivity index (χ1) is 14.5. The van der Waals surface area contributed by atoms with Gasteiger partial charge in [0.25, 0.3) is 5.91 Å². The second-order valence-corrected chi connectivity index (χ2v) is 6.68. The molecule has 1 aromatic carbocycles. The van der Waals surface area contributed by atoms with Gasteiger partial charge < -0.3 is 24.7 Å². The molecule has 9 nitrogen and oxygen atoms in total. The van der Waals surface area contributed by atoms with E-state index in [0.717, 1.165) is 4.90 Å². The van der Waals surface area contributed by atoms with E-state index in [1.165, 1.54) is 24.3 Å². The van der Waals surface area contributed by atoms with Crippen LogP contribution in [0.2, 0.25) is 0 Å². The van der Waals surface area contributed by atoms with Gasteiger partial charge in [-0.1, -0.05) is 12.1 Å². The number of halogens is 1. The van der Waals surface area contributed by atoms with E-state index in [4.69, 9.17) is 9.15 Å². The molecule has 0 bridgehead atoms. The van der Waals surface area contributed by atoms with Crippen LogP contribution in [0.25, 0.3) is 6.08 Å². The molecule has 2 saturated heterocycles. The first kappa shape index (κ1) is 19.6. The maximum atomic E-state index is 13.7. The predicted octanol–water partition coefficient (Wildman–Crippen LogP) is 1.79. The number of urea groups is 1. The SMILES string of the molecule is O=C(CN1C(=O)N/C(=C/c2ccc(N3CCOCC3)o2)C1=O)Nc1ccccc1F. The molecular formula is C20H19FN4O5. The van der Waals surface area contributed by atoms with Crippen LogP contribution in [0, 0.1) is 5.82 Å². The van der Waals surface area contributed by atoms with Gasteiger partial charge in [0, 0.05) is 25.2 Å². The number of hydrogen-bond donors (Lipinski definition) is 2. The maximum absolute atomic E-state index is 13.7. The van der Waals surface area contributed by atoms with Gasteiger partial charge in [0.2, 0.25) is 5.91 Å². The molecule has 2 aliphatic rings. The van der Waals surface area contributed by atoms with E-state index in [2.05, 4.69) is 10.6 Å². The molecule has 0 atom stereocenters. The Morgan fingerprint density at radius 3 is 2.70 bits per heavy atom. The van der Waals surface area contributed by atoms with Gasteiger partial charge >= 0.3 is 6.03 Å². The zero-order valence-corrected chi connectivity index (χ0v) is 15.9. The summed E-state index contributed by atoms with van der Waals surface area (Å²) in [6.07, 6.45) is 1.40. The number of benzene rings is 1. The highest BCUT2D eigenvalue weighted by molar-refractivity contribution is 6.15. The summed E-state index contributed by atoms with van der Waals surface area (Å²) in [5, 5.41) is 4.76. The molecule has 4 rings (SSSR count). The number of rotatable bonds is 5. The van der Waals surface area contributed by atoms with Gasteiger partial charge in [-0.15, -0.1) is 0 Å². The van der Waals surface area contributed by atoms with Crippen LogP contribution in [0.3, 0.4) is 0 Å². The topological polar surface area (TPSA) is 104 Å². The number of nitrogens with one attached hydrogen (secondary N) is 2. The van der Waals surface area contributed by atoms with Crippen LogP contribution in [-0.4, -0.2) is 55.6 Å². The third-order valence-corrected chi connectivity index (χ3v) is 4.63. The second kappa shape index (κ2) is 8.37. The summed E-state index contributed by atoms with van der Waals surface area (Å²) in [5.74, 6) is -0.955. The molecule has 30 heavy (non-hydrogen) atoms. The Labute approximate surface area is 171 Å². The van der Waals surface area contributed by atoms with Crippen molar-refractivity contribution < 1.29 is 27.9 Å². The molecule has 3 heterocycles. The largest absolute Gasteiger partial charge is 0.441 e. The molecule has 10 heteroatoms. The van der Waals surface area contributed by atoms with Crippen molar-refractivity contribution in [3.05, 3.63) is 53.7 Å². The van der Waals surface area contributed by atoms with Crippen molar-refractivity contribution in [1.29, 1.82) is 0 Å². The molecule has 0 spiro atoms. The van der Waals surface area contributed by atoms with Gasteiger partial charge in [-0.25, -0.2) is 14.1 Å². The summed E-state index contributed by atoms with van der Waals surface area (Å²) in [4.78, 5) is 39.6. The number of anilines is 2. The van der Waals surface area contributed by atoms with E-state index >= 15 is 0 Å². The third kappa shape index (κ3) is 4.18. The average Bonchev–Trinajstić information content (AvgIpc) is 3.31. The van der Waals surface area contributed by atoms with E-state index in [9.17, 15) is 18.8 Å². The number of morpholine rings is 1. The van der Waals surface area contributed by atoms with E-state index in [1.54, 1.807) is 18.2 Å². The Balaban J connectivity index is 1.41. The summed E-state index contributed by atoms with van der Waals surface area (Å²) in [6.45, 7) is 2.06. The van der Waals surface area contributed by atoms with Crippen LogP contribution in [0.1, 0.15) is 5.76 Å².